The maximum Gasteiger partial charge on any atom is 0.255 e. The van der Waals surface area contributed by atoms with E-state index in [0.717, 1.165) is 22.5 Å². The zero-order valence-electron chi connectivity index (χ0n) is 17.0. The second-order valence-corrected chi connectivity index (χ2v) is 7.72. The Morgan fingerprint density at radius 2 is 1.44 bits per heavy atom. The number of H-pyrrole nitrogens is 1. The molecule has 2 amide bonds. The fourth-order valence-electron chi connectivity index (χ4n) is 4.03. The second-order valence-electron chi connectivity index (χ2n) is 7.72. The molecule has 27 heavy (non-hydrogen) atoms. The Kier molecular flexibility index (Phi) is 5.40. The van der Waals surface area contributed by atoms with Gasteiger partial charge in [0, 0.05) is 37.6 Å². The highest BCUT2D eigenvalue weighted by Gasteiger charge is 2.26. The summed E-state index contributed by atoms with van der Waals surface area (Å²) in [5.41, 5.74) is 7.33. The van der Waals surface area contributed by atoms with Gasteiger partial charge in [-0.2, -0.15) is 0 Å². The van der Waals surface area contributed by atoms with Crippen molar-refractivity contribution in [1.29, 1.82) is 0 Å². The van der Waals surface area contributed by atoms with Crippen molar-refractivity contribution in [3.8, 4) is 0 Å². The van der Waals surface area contributed by atoms with Gasteiger partial charge >= 0.3 is 0 Å². The van der Waals surface area contributed by atoms with Crippen LogP contribution in [0.1, 0.15) is 44.0 Å². The van der Waals surface area contributed by atoms with Crippen LogP contribution in [0.25, 0.3) is 0 Å². The van der Waals surface area contributed by atoms with E-state index in [-0.39, 0.29) is 11.8 Å². The van der Waals surface area contributed by atoms with E-state index in [2.05, 4.69) is 37.9 Å². The quantitative estimate of drug-likeness (QED) is 0.906. The van der Waals surface area contributed by atoms with Gasteiger partial charge in [-0.25, -0.2) is 0 Å². The first-order chi connectivity index (χ1) is 12.8. The number of aromatic amines is 1. The molecule has 144 valence electrons. The molecule has 0 bridgehead atoms. The molecule has 1 fully saturated rings. The van der Waals surface area contributed by atoms with Gasteiger partial charge in [-0.15, -0.1) is 0 Å². The van der Waals surface area contributed by atoms with Crippen LogP contribution in [0.2, 0.25) is 0 Å². The summed E-state index contributed by atoms with van der Waals surface area (Å²) in [5, 5.41) is 0. The highest BCUT2D eigenvalue weighted by Crippen LogP contribution is 2.19. The molecule has 1 aromatic heterocycles. The summed E-state index contributed by atoms with van der Waals surface area (Å²) in [6.07, 6.45) is 0.433. The number of nitrogens with one attached hydrogen (secondary N) is 1. The summed E-state index contributed by atoms with van der Waals surface area (Å²) in [7, 11) is 0. The standard InChI is InChI=1S/C22H29N3O2/c1-14-10-15(2)19(16(3)11-14)13-21(26)24-6-8-25(9-7-24)22(27)20-12-17(4)23-18(20)5/h10-12,23H,6-9,13H2,1-5H3. The van der Waals surface area contributed by atoms with Gasteiger partial charge in [-0.05, 0) is 57.4 Å². The van der Waals surface area contributed by atoms with Crippen molar-refractivity contribution in [1.82, 2.24) is 14.8 Å². The van der Waals surface area contributed by atoms with Gasteiger partial charge in [-0.1, -0.05) is 17.7 Å². The molecule has 0 atom stereocenters. The summed E-state index contributed by atoms with van der Waals surface area (Å²) in [6, 6.07) is 6.17. The van der Waals surface area contributed by atoms with Crippen molar-refractivity contribution in [2.24, 2.45) is 0 Å². The summed E-state index contributed by atoms with van der Waals surface area (Å²) < 4.78 is 0. The number of aromatic nitrogens is 1. The molecule has 0 saturated carbocycles. The first-order valence-corrected chi connectivity index (χ1v) is 9.56. The number of amides is 2. The number of aryl methyl sites for hydroxylation is 5. The lowest BCUT2D eigenvalue weighted by atomic mass is 9.97. The molecule has 0 radical (unpaired) electrons. The lowest BCUT2D eigenvalue weighted by Crippen LogP contribution is -2.51. The SMILES string of the molecule is Cc1cc(C)c(CC(=O)N2CCN(C(=O)c3cc(C)[nH]c3C)CC2)c(C)c1. The fourth-order valence-corrected chi connectivity index (χ4v) is 4.03. The number of hydrogen-bond donors (Lipinski definition) is 1. The van der Waals surface area contributed by atoms with E-state index >= 15 is 0 Å². The zero-order valence-corrected chi connectivity index (χ0v) is 17.0. The lowest BCUT2D eigenvalue weighted by molar-refractivity contribution is -0.131. The Bertz CT molecular complexity index is 851. The Morgan fingerprint density at radius 1 is 0.889 bits per heavy atom. The lowest BCUT2D eigenvalue weighted by Gasteiger charge is -2.35. The summed E-state index contributed by atoms with van der Waals surface area (Å²) >= 11 is 0. The van der Waals surface area contributed by atoms with Crippen LogP contribution in [0.4, 0.5) is 0 Å². The van der Waals surface area contributed by atoms with Gasteiger partial charge in [0.05, 0.1) is 12.0 Å². The maximum absolute atomic E-state index is 12.8. The number of hydrogen-bond acceptors (Lipinski definition) is 2. The molecule has 2 aromatic rings. The molecular formula is C22H29N3O2. The molecule has 3 rings (SSSR count). The van der Waals surface area contributed by atoms with E-state index in [1.807, 2.05) is 29.7 Å². The Labute approximate surface area is 161 Å². The highest BCUT2D eigenvalue weighted by molar-refractivity contribution is 5.95. The van der Waals surface area contributed by atoms with Crippen LogP contribution in [-0.2, 0) is 11.2 Å². The van der Waals surface area contributed by atoms with Crippen LogP contribution in [0, 0.1) is 34.6 Å². The first kappa shape index (κ1) is 19.2. The van der Waals surface area contributed by atoms with E-state index < -0.39 is 0 Å². The van der Waals surface area contributed by atoms with Crippen LogP contribution in [0.15, 0.2) is 18.2 Å². The fraction of sp³-hybridized carbons (Fsp3) is 0.455. The van der Waals surface area contributed by atoms with Crippen LogP contribution in [0.3, 0.4) is 0 Å². The van der Waals surface area contributed by atoms with Crippen LogP contribution >= 0.6 is 0 Å². The molecule has 1 N–H and O–H groups in total. The molecule has 5 nitrogen and oxygen atoms in total. The third kappa shape index (κ3) is 4.07. The number of carbonyl (C=O) groups excluding carboxylic acids is 2. The van der Waals surface area contributed by atoms with Crippen molar-refractivity contribution in [2.45, 2.75) is 41.0 Å². The molecule has 0 aliphatic carbocycles. The number of carbonyl (C=O) groups is 2. The maximum atomic E-state index is 12.8. The second kappa shape index (κ2) is 7.59. The predicted molar refractivity (Wildman–Crippen MR) is 107 cm³/mol. The molecule has 2 heterocycles. The summed E-state index contributed by atoms with van der Waals surface area (Å²) in [4.78, 5) is 32.4. The molecule has 1 aliphatic heterocycles. The van der Waals surface area contributed by atoms with Crippen molar-refractivity contribution in [3.05, 3.63) is 57.4 Å². The Morgan fingerprint density at radius 3 is 1.96 bits per heavy atom. The predicted octanol–water partition coefficient (Wildman–Crippen LogP) is 3.08. The first-order valence-electron chi connectivity index (χ1n) is 9.56. The third-order valence-electron chi connectivity index (χ3n) is 5.47. The van der Waals surface area contributed by atoms with Gasteiger partial charge in [0.2, 0.25) is 5.91 Å². The minimum Gasteiger partial charge on any atom is -0.362 e. The van der Waals surface area contributed by atoms with Crippen molar-refractivity contribution < 1.29 is 9.59 Å². The van der Waals surface area contributed by atoms with Crippen LogP contribution in [0.5, 0.6) is 0 Å². The Hall–Kier alpha value is -2.56. The Balaban J connectivity index is 1.61. The molecule has 0 unspecified atom stereocenters. The molecule has 1 aromatic carbocycles. The van der Waals surface area contributed by atoms with E-state index in [9.17, 15) is 9.59 Å². The van der Waals surface area contributed by atoms with E-state index in [1.54, 1.807) is 0 Å². The third-order valence-corrected chi connectivity index (χ3v) is 5.47. The minimum atomic E-state index is 0.0502. The molecular weight excluding hydrogens is 338 g/mol. The van der Waals surface area contributed by atoms with E-state index in [1.165, 1.54) is 16.7 Å². The number of nitrogens with zero attached hydrogens (tertiary/aromatic N) is 2. The van der Waals surface area contributed by atoms with Gasteiger partial charge in [0.1, 0.15) is 0 Å². The van der Waals surface area contributed by atoms with Crippen molar-refractivity contribution in [2.75, 3.05) is 26.2 Å². The van der Waals surface area contributed by atoms with Crippen molar-refractivity contribution >= 4 is 11.8 Å². The molecule has 1 aliphatic rings. The molecule has 0 spiro atoms. The zero-order chi connectivity index (χ0) is 19.7. The normalized spacial score (nSPS) is 14.6. The molecule has 1 saturated heterocycles. The highest BCUT2D eigenvalue weighted by atomic mass is 16.2. The summed E-state index contributed by atoms with van der Waals surface area (Å²) in [5.74, 6) is 0.194. The largest absolute Gasteiger partial charge is 0.362 e. The smallest absolute Gasteiger partial charge is 0.255 e. The van der Waals surface area contributed by atoms with Gasteiger partial charge < -0.3 is 14.8 Å². The van der Waals surface area contributed by atoms with Gasteiger partial charge in [-0.3, -0.25) is 9.59 Å². The number of piperazine rings is 1. The van der Waals surface area contributed by atoms with E-state index in [0.29, 0.717) is 32.6 Å². The average Bonchev–Trinajstić information content (AvgIpc) is 2.95. The van der Waals surface area contributed by atoms with Gasteiger partial charge in [0.25, 0.3) is 5.91 Å². The van der Waals surface area contributed by atoms with E-state index in [4.69, 9.17) is 0 Å². The average molecular weight is 367 g/mol. The van der Waals surface area contributed by atoms with Crippen molar-refractivity contribution in [3.63, 3.8) is 0 Å². The van der Waals surface area contributed by atoms with Crippen LogP contribution < -0.4 is 0 Å². The van der Waals surface area contributed by atoms with Gasteiger partial charge in [0.15, 0.2) is 0 Å². The molecule has 5 heteroatoms. The topological polar surface area (TPSA) is 56.4 Å². The number of benzene rings is 1. The van der Waals surface area contributed by atoms with Crippen LogP contribution in [-0.4, -0.2) is 52.8 Å². The summed E-state index contributed by atoms with van der Waals surface area (Å²) in [6.45, 7) is 12.5. The monoisotopic (exact) mass is 367 g/mol. The minimum absolute atomic E-state index is 0.0502. The number of rotatable bonds is 3.